The van der Waals surface area contributed by atoms with E-state index in [-0.39, 0.29) is 5.75 Å². The number of anilines is 3. The van der Waals surface area contributed by atoms with Crippen molar-refractivity contribution in [2.45, 2.75) is 13.8 Å². The monoisotopic (exact) mass is 611 g/mol. The van der Waals surface area contributed by atoms with E-state index >= 15 is 0 Å². The molecule has 0 saturated heterocycles. The van der Waals surface area contributed by atoms with Gasteiger partial charge in [-0.1, -0.05) is 60.7 Å². The summed E-state index contributed by atoms with van der Waals surface area (Å²) >= 11 is 0. The van der Waals surface area contributed by atoms with E-state index in [1.54, 1.807) is 18.3 Å². The third kappa shape index (κ3) is 5.04. The van der Waals surface area contributed by atoms with E-state index in [0.717, 1.165) is 50.5 Å². The molecule has 0 bridgehead atoms. The van der Waals surface area contributed by atoms with Crippen molar-refractivity contribution in [2.75, 3.05) is 4.90 Å². The number of pyridine rings is 2. The van der Waals surface area contributed by atoms with Crippen LogP contribution in [0.2, 0.25) is 0 Å². The lowest BCUT2D eigenvalue weighted by molar-refractivity contribution is 0.477. The number of aromatic nitrogens is 4. The van der Waals surface area contributed by atoms with Crippen molar-refractivity contribution >= 4 is 39.3 Å². The van der Waals surface area contributed by atoms with Gasteiger partial charge in [-0.15, -0.1) is 0 Å². The molecule has 0 aliphatic heterocycles. The van der Waals surface area contributed by atoms with Gasteiger partial charge in [0.1, 0.15) is 28.4 Å². The Hall–Kier alpha value is -6.34. The van der Waals surface area contributed by atoms with E-state index < -0.39 is 0 Å². The fraction of sp³-hybridized carbons (Fsp3) is 0.0500. The number of phenols is 1. The molecule has 4 heterocycles. The normalized spacial score (nSPS) is 11.3. The predicted molar refractivity (Wildman–Crippen MR) is 187 cm³/mol. The highest BCUT2D eigenvalue weighted by Gasteiger charge is 2.23. The molecular weight excluding hydrogens is 582 g/mol. The van der Waals surface area contributed by atoms with Crippen molar-refractivity contribution in [1.29, 1.82) is 0 Å². The first-order valence-corrected chi connectivity index (χ1v) is 15.4. The second kappa shape index (κ2) is 11.5. The molecule has 0 atom stereocenters. The molecule has 7 heteroatoms. The van der Waals surface area contributed by atoms with Crippen LogP contribution in [-0.2, 0) is 0 Å². The summed E-state index contributed by atoms with van der Waals surface area (Å²) in [5.74, 6) is 1.27. The van der Waals surface area contributed by atoms with Gasteiger partial charge in [-0.25, -0.2) is 15.0 Å². The number of hydrogen-bond acceptors (Lipinski definition) is 7. The van der Waals surface area contributed by atoms with Gasteiger partial charge in [0, 0.05) is 29.0 Å². The van der Waals surface area contributed by atoms with Gasteiger partial charge in [-0.3, -0.25) is 9.88 Å². The summed E-state index contributed by atoms with van der Waals surface area (Å²) in [6.45, 7) is 4.10. The standard InChI is InChI=1S/C40H29N5O2/c1-25-19-21-41-26(2)38(25)45(35-18-10-11-20-42-35)30-23-28(27-12-4-3-5-13-27)22-29(24-30)36-39-37(32-15-7-9-17-34(32)47-39)44-40(43-36)31-14-6-8-16-33(31)46/h3-24,46H,1-2H3. The Balaban J connectivity index is 1.46. The number of rotatable bonds is 6. The minimum Gasteiger partial charge on any atom is -0.507 e. The van der Waals surface area contributed by atoms with E-state index in [0.29, 0.717) is 33.8 Å². The van der Waals surface area contributed by atoms with Gasteiger partial charge in [0.25, 0.3) is 0 Å². The van der Waals surface area contributed by atoms with E-state index in [1.807, 2.05) is 92.0 Å². The number of fused-ring (bicyclic) bond motifs is 3. The number of para-hydroxylation sites is 2. The number of aromatic hydroxyl groups is 1. The van der Waals surface area contributed by atoms with Crippen LogP contribution in [0.3, 0.4) is 0 Å². The quantitative estimate of drug-likeness (QED) is 0.200. The first-order valence-electron chi connectivity index (χ1n) is 15.4. The Bertz CT molecular complexity index is 2380. The molecule has 226 valence electrons. The Morgan fingerprint density at radius 1 is 0.660 bits per heavy atom. The van der Waals surface area contributed by atoms with E-state index in [1.165, 1.54) is 0 Å². The Labute approximate surface area is 271 Å². The van der Waals surface area contributed by atoms with Crippen LogP contribution in [0.25, 0.3) is 55.8 Å². The van der Waals surface area contributed by atoms with Gasteiger partial charge >= 0.3 is 0 Å². The van der Waals surface area contributed by atoms with Crippen molar-refractivity contribution in [3.05, 3.63) is 145 Å². The fourth-order valence-electron chi connectivity index (χ4n) is 6.13. The van der Waals surface area contributed by atoms with Gasteiger partial charge in [-0.05, 0) is 91.2 Å². The summed E-state index contributed by atoms with van der Waals surface area (Å²) in [6, 6.07) is 39.6. The van der Waals surface area contributed by atoms with Crippen LogP contribution in [-0.4, -0.2) is 25.0 Å². The second-order valence-electron chi connectivity index (χ2n) is 11.4. The molecule has 1 N–H and O–H groups in total. The molecule has 0 spiro atoms. The maximum Gasteiger partial charge on any atom is 0.180 e. The maximum absolute atomic E-state index is 10.9. The third-order valence-corrected chi connectivity index (χ3v) is 8.33. The number of aryl methyl sites for hydroxylation is 2. The fourth-order valence-corrected chi connectivity index (χ4v) is 6.13. The summed E-state index contributed by atoms with van der Waals surface area (Å²) < 4.78 is 6.49. The van der Waals surface area contributed by atoms with Crippen LogP contribution in [0.5, 0.6) is 5.75 Å². The zero-order chi connectivity index (χ0) is 31.9. The second-order valence-corrected chi connectivity index (χ2v) is 11.4. The molecule has 0 aliphatic carbocycles. The SMILES string of the molecule is Cc1ccnc(C)c1N(c1cc(-c2ccccc2)cc(-c2nc(-c3ccccc3O)nc3c2oc2ccccc23)c1)c1ccccn1. The van der Waals surface area contributed by atoms with Gasteiger partial charge in [0.15, 0.2) is 11.4 Å². The Morgan fingerprint density at radius 2 is 1.43 bits per heavy atom. The van der Waals surface area contributed by atoms with Gasteiger partial charge in [0.2, 0.25) is 0 Å². The van der Waals surface area contributed by atoms with E-state index in [9.17, 15) is 5.11 Å². The summed E-state index contributed by atoms with van der Waals surface area (Å²) in [4.78, 5) is 21.6. The molecule has 7 nitrogen and oxygen atoms in total. The van der Waals surface area contributed by atoms with Crippen molar-refractivity contribution < 1.29 is 9.52 Å². The lowest BCUT2D eigenvalue weighted by Gasteiger charge is -2.28. The predicted octanol–water partition coefficient (Wildman–Crippen LogP) is 9.96. The summed E-state index contributed by atoms with van der Waals surface area (Å²) in [6.07, 6.45) is 3.63. The molecule has 0 saturated carbocycles. The molecule has 0 amide bonds. The third-order valence-electron chi connectivity index (χ3n) is 8.33. The molecule has 8 rings (SSSR count). The summed E-state index contributed by atoms with van der Waals surface area (Å²) in [5.41, 5.74) is 9.76. The number of hydrogen-bond donors (Lipinski definition) is 1. The van der Waals surface area contributed by atoms with Crippen molar-refractivity contribution in [3.8, 4) is 39.5 Å². The van der Waals surface area contributed by atoms with Crippen molar-refractivity contribution in [3.63, 3.8) is 0 Å². The van der Waals surface area contributed by atoms with Crippen LogP contribution >= 0.6 is 0 Å². The summed E-state index contributed by atoms with van der Waals surface area (Å²) in [5, 5.41) is 11.7. The van der Waals surface area contributed by atoms with Crippen molar-refractivity contribution in [2.24, 2.45) is 0 Å². The summed E-state index contributed by atoms with van der Waals surface area (Å²) in [7, 11) is 0. The highest BCUT2D eigenvalue weighted by atomic mass is 16.3. The number of phenolic OH excluding ortho intramolecular Hbond substituents is 1. The average Bonchev–Trinajstić information content (AvgIpc) is 3.49. The number of furan rings is 1. The molecule has 0 aliphatic rings. The molecule has 0 fully saturated rings. The Morgan fingerprint density at radius 3 is 2.23 bits per heavy atom. The van der Waals surface area contributed by atoms with Crippen LogP contribution in [0, 0.1) is 13.8 Å². The minimum absolute atomic E-state index is 0.105. The van der Waals surface area contributed by atoms with Crippen LogP contribution in [0.1, 0.15) is 11.3 Å². The van der Waals surface area contributed by atoms with Gasteiger partial charge in [-0.2, -0.15) is 0 Å². The average molecular weight is 612 g/mol. The lowest BCUT2D eigenvalue weighted by atomic mass is 9.98. The Kier molecular flexibility index (Phi) is 6.91. The number of benzene rings is 4. The zero-order valence-electron chi connectivity index (χ0n) is 25.8. The van der Waals surface area contributed by atoms with Crippen LogP contribution in [0.4, 0.5) is 17.2 Å². The van der Waals surface area contributed by atoms with Gasteiger partial charge in [0.05, 0.1) is 16.9 Å². The highest BCUT2D eigenvalue weighted by Crippen LogP contribution is 2.43. The van der Waals surface area contributed by atoms with E-state index in [2.05, 4.69) is 47.1 Å². The molecule has 8 aromatic rings. The molecule has 0 radical (unpaired) electrons. The van der Waals surface area contributed by atoms with Crippen LogP contribution < -0.4 is 4.90 Å². The zero-order valence-corrected chi connectivity index (χ0v) is 25.8. The molecular formula is C40H29N5O2. The first kappa shape index (κ1) is 28.2. The highest BCUT2D eigenvalue weighted by molar-refractivity contribution is 6.07. The molecule has 0 unspecified atom stereocenters. The largest absolute Gasteiger partial charge is 0.507 e. The number of nitrogens with zero attached hydrogens (tertiary/aromatic N) is 5. The molecule has 4 aromatic carbocycles. The minimum atomic E-state index is 0.105. The molecule has 4 aromatic heterocycles. The molecule has 47 heavy (non-hydrogen) atoms. The topological polar surface area (TPSA) is 88.2 Å². The van der Waals surface area contributed by atoms with Crippen molar-refractivity contribution in [1.82, 2.24) is 19.9 Å². The maximum atomic E-state index is 10.9. The smallest absolute Gasteiger partial charge is 0.180 e. The van der Waals surface area contributed by atoms with E-state index in [4.69, 9.17) is 19.4 Å². The van der Waals surface area contributed by atoms with Gasteiger partial charge < -0.3 is 9.52 Å². The lowest BCUT2D eigenvalue weighted by Crippen LogP contribution is -2.15. The first-order chi connectivity index (χ1) is 23.0. The van der Waals surface area contributed by atoms with Crippen LogP contribution in [0.15, 0.2) is 138 Å².